The summed E-state index contributed by atoms with van der Waals surface area (Å²) in [5.41, 5.74) is 0.991. The Labute approximate surface area is 132 Å². The van der Waals surface area contributed by atoms with Gasteiger partial charge < -0.3 is 0 Å². The first-order valence-corrected chi connectivity index (χ1v) is 9.58. The first kappa shape index (κ1) is 15.7. The lowest BCUT2D eigenvalue weighted by Crippen LogP contribution is -2.31. The molecule has 0 N–H and O–H groups in total. The second-order valence-electron chi connectivity index (χ2n) is 4.38. The molecule has 0 fully saturated rings. The highest BCUT2D eigenvalue weighted by molar-refractivity contribution is 9.09. The largest absolute Gasteiger partial charge is 0.252 e. The van der Waals surface area contributed by atoms with Crippen LogP contribution in [0.4, 0.5) is 0 Å². The minimum Gasteiger partial charge on any atom is -0.206 e. The minimum atomic E-state index is -3.42. The van der Waals surface area contributed by atoms with Crippen molar-refractivity contribution in [2.75, 3.05) is 11.9 Å². The lowest BCUT2D eigenvalue weighted by Gasteiger charge is -2.20. The van der Waals surface area contributed by atoms with Crippen molar-refractivity contribution < 1.29 is 8.42 Å². The summed E-state index contributed by atoms with van der Waals surface area (Å²) >= 11 is 4.65. The number of alkyl halides is 1. The van der Waals surface area contributed by atoms with Crippen molar-refractivity contribution in [3.8, 4) is 0 Å². The van der Waals surface area contributed by atoms with E-state index < -0.39 is 10.0 Å². The van der Waals surface area contributed by atoms with Gasteiger partial charge in [0.1, 0.15) is 4.21 Å². The molecule has 0 unspecified atom stereocenters. The summed E-state index contributed by atoms with van der Waals surface area (Å²) in [6.45, 7) is 2.76. The summed E-state index contributed by atoms with van der Waals surface area (Å²) in [7, 11) is -3.42. The number of aryl methyl sites for hydroxylation is 1. The van der Waals surface area contributed by atoms with Crippen molar-refractivity contribution in [1.82, 2.24) is 4.31 Å². The van der Waals surface area contributed by atoms with E-state index >= 15 is 0 Å². The van der Waals surface area contributed by atoms with Crippen molar-refractivity contribution in [2.24, 2.45) is 0 Å². The van der Waals surface area contributed by atoms with Crippen LogP contribution < -0.4 is 0 Å². The van der Waals surface area contributed by atoms with Gasteiger partial charge in [-0.2, -0.15) is 4.31 Å². The molecule has 1 heterocycles. The fraction of sp³-hybridized carbons (Fsp3) is 0.286. The molecule has 20 heavy (non-hydrogen) atoms. The number of benzene rings is 1. The van der Waals surface area contributed by atoms with Crippen LogP contribution in [0.3, 0.4) is 0 Å². The molecule has 1 aromatic heterocycles. The maximum Gasteiger partial charge on any atom is 0.252 e. The van der Waals surface area contributed by atoms with Crippen LogP contribution in [0.5, 0.6) is 0 Å². The van der Waals surface area contributed by atoms with Crippen molar-refractivity contribution in [2.45, 2.75) is 17.7 Å². The Balaban J connectivity index is 2.28. The average molecular weight is 374 g/mol. The predicted octanol–water partition coefficient (Wildman–Crippen LogP) is 3.64. The van der Waals surface area contributed by atoms with Crippen LogP contribution in [-0.4, -0.2) is 24.6 Å². The van der Waals surface area contributed by atoms with Crippen LogP contribution in [0.1, 0.15) is 10.4 Å². The van der Waals surface area contributed by atoms with Gasteiger partial charge in [0.15, 0.2) is 0 Å². The van der Waals surface area contributed by atoms with Crippen LogP contribution in [0, 0.1) is 6.92 Å². The Morgan fingerprint density at radius 3 is 2.40 bits per heavy atom. The molecule has 6 heteroatoms. The fourth-order valence-electron chi connectivity index (χ4n) is 1.84. The van der Waals surface area contributed by atoms with E-state index in [0.29, 0.717) is 22.6 Å². The topological polar surface area (TPSA) is 37.4 Å². The van der Waals surface area contributed by atoms with Crippen molar-refractivity contribution in [3.05, 3.63) is 52.9 Å². The zero-order valence-electron chi connectivity index (χ0n) is 11.1. The standard InChI is InChI=1S/C14H16BrNO2S2/c1-12-7-8-14(19-12)20(17,18)16(10-9-15)11-13-5-3-2-4-6-13/h2-8H,9-11H2,1H3. The van der Waals surface area contributed by atoms with Crippen molar-refractivity contribution in [1.29, 1.82) is 0 Å². The fourth-order valence-corrected chi connectivity index (χ4v) is 5.37. The number of rotatable bonds is 6. The van der Waals surface area contributed by atoms with Crippen LogP contribution in [0.25, 0.3) is 0 Å². The maximum atomic E-state index is 12.7. The third kappa shape index (κ3) is 3.69. The van der Waals surface area contributed by atoms with Gasteiger partial charge in [0, 0.05) is 23.3 Å². The zero-order chi connectivity index (χ0) is 14.6. The molecular formula is C14H16BrNO2S2. The summed E-state index contributed by atoms with van der Waals surface area (Å²) < 4.78 is 27.2. The SMILES string of the molecule is Cc1ccc(S(=O)(=O)N(CCBr)Cc2ccccc2)s1. The third-order valence-corrected chi connectivity index (χ3v) is 6.51. The van der Waals surface area contributed by atoms with E-state index in [4.69, 9.17) is 0 Å². The molecule has 0 bridgehead atoms. The van der Waals surface area contributed by atoms with E-state index in [0.717, 1.165) is 10.4 Å². The third-order valence-electron chi connectivity index (χ3n) is 2.85. The van der Waals surface area contributed by atoms with Crippen LogP contribution in [-0.2, 0) is 16.6 Å². The van der Waals surface area contributed by atoms with E-state index in [-0.39, 0.29) is 0 Å². The summed E-state index contributed by atoms with van der Waals surface area (Å²) in [5, 5.41) is 0.615. The summed E-state index contributed by atoms with van der Waals surface area (Å²) in [6.07, 6.45) is 0. The Hall–Kier alpha value is -0.690. The molecule has 0 atom stereocenters. The molecule has 0 aliphatic carbocycles. The van der Waals surface area contributed by atoms with E-state index in [1.807, 2.05) is 43.3 Å². The molecule has 0 saturated carbocycles. The molecule has 0 saturated heterocycles. The van der Waals surface area contributed by atoms with Crippen LogP contribution in [0.2, 0.25) is 0 Å². The maximum absolute atomic E-state index is 12.7. The number of hydrogen-bond acceptors (Lipinski definition) is 3. The molecule has 0 spiro atoms. The normalized spacial score (nSPS) is 11.9. The molecular weight excluding hydrogens is 358 g/mol. The number of halogens is 1. The number of nitrogens with zero attached hydrogens (tertiary/aromatic N) is 1. The lowest BCUT2D eigenvalue weighted by atomic mass is 10.2. The first-order chi connectivity index (χ1) is 9.54. The van der Waals surface area contributed by atoms with Crippen LogP contribution in [0.15, 0.2) is 46.7 Å². The van der Waals surface area contributed by atoms with Gasteiger partial charge in [-0.3, -0.25) is 0 Å². The highest BCUT2D eigenvalue weighted by atomic mass is 79.9. The number of hydrogen-bond donors (Lipinski definition) is 0. The predicted molar refractivity (Wildman–Crippen MR) is 86.9 cm³/mol. The number of sulfonamides is 1. The molecule has 1 aromatic carbocycles. The smallest absolute Gasteiger partial charge is 0.206 e. The Kier molecular flexibility index (Phi) is 5.37. The second-order valence-corrected chi connectivity index (χ2v) is 8.62. The monoisotopic (exact) mass is 373 g/mol. The quantitative estimate of drug-likeness (QED) is 0.724. The number of thiophene rings is 1. The van der Waals surface area contributed by atoms with E-state index in [1.54, 1.807) is 6.07 Å². The Morgan fingerprint density at radius 1 is 1.15 bits per heavy atom. The van der Waals surface area contributed by atoms with Crippen molar-refractivity contribution >= 4 is 37.3 Å². The Bertz CT molecular complexity index is 653. The van der Waals surface area contributed by atoms with Gasteiger partial charge in [0.2, 0.25) is 0 Å². The molecule has 0 aliphatic heterocycles. The average Bonchev–Trinajstić information content (AvgIpc) is 2.87. The molecule has 108 valence electrons. The highest BCUT2D eigenvalue weighted by Gasteiger charge is 2.25. The van der Waals surface area contributed by atoms with Gasteiger partial charge in [-0.15, -0.1) is 11.3 Å². The van der Waals surface area contributed by atoms with Gasteiger partial charge in [-0.25, -0.2) is 8.42 Å². The summed E-state index contributed by atoms with van der Waals surface area (Å²) in [4.78, 5) is 1.00. The molecule has 2 rings (SSSR count). The Morgan fingerprint density at radius 2 is 1.85 bits per heavy atom. The molecule has 0 aliphatic rings. The van der Waals surface area contributed by atoms with E-state index in [9.17, 15) is 8.42 Å². The van der Waals surface area contributed by atoms with Gasteiger partial charge in [0.25, 0.3) is 10.0 Å². The molecule has 2 aromatic rings. The summed E-state index contributed by atoms with van der Waals surface area (Å²) in [6, 6.07) is 13.2. The highest BCUT2D eigenvalue weighted by Crippen LogP contribution is 2.25. The van der Waals surface area contributed by atoms with Gasteiger partial charge in [0.05, 0.1) is 0 Å². The second kappa shape index (κ2) is 6.85. The van der Waals surface area contributed by atoms with Gasteiger partial charge >= 0.3 is 0 Å². The molecule has 0 amide bonds. The van der Waals surface area contributed by atoms with E-state index in [2.05, 4.69) is 15.9 Å². The van der Waals surface area contributed by atoms with Gasteiger partial charge in [-0.05, 0) is 24.6 Å². The minimum absolute atomic E-state index is 0.395. The molecule has 3 nitrogen and oxygen atoms in total. The first-order valence-electron chi connectivity index (χ1n) is 6.20. The summed E-state index contributed by atoms with van der Waals surface area (Å²) in [5.74, 6) is 0. The molecule has 0 radical (unpaired) electrons. The zero-order valence-corrected chi connectivity index (χ0v) is 14.3. The van der Waals surface area contributed by atoms with Crippen LogP contribution >= 0.6 is 27.3 Å². The van der Waals surface area contributed by atoms with Gasteiger partial charge in [-0.1, -0.05) is 46.3 Å². The van der Waals surface area contributed by atoms with Crippen molar-refractivity contribution in [3.63, 3.8) is 0 Å². The lowest BCUT2D eigenvalue weighted by molar-refractivity contribution is 0.428. The van der Waals surface area contributed by atoms with E-state index in [1.165, 1.54) is 15.6 Å².